The molecular formula is C25H18O5. The van der Waals surface area contributed by atoms with Gasteiger partial charge in [-0.15, -0.1) is 0 Å². The molecule has 4 aromatic carbocycles. The summed E-state index contributed by atoms with van der Waals surface area (Å²) in [5.74, 6) is 1.05. The Hall–Kier alpha value is -4.25. The Kier molecular flexibility index (Phi) is 5.62. The van der Waals surface area contributed by atoms with Gasteiger partial charge >= 0.3 is 0 Å². The maximum absolute atomic E-state index is 12.9. The third kappa shape index (κ3) is 4.59. The van der Waals surface area contributed by atoms with Crippen LogP contribution in [0.1, 0.15) is 0 Å². The molecule has 148 valence electrons. The van der Waals surface area contributed by atoms with Gasteiger partial charge in [0.2, 0.25) is 5.75 Å². The van der Waals surface area contributed by atoms with E-state index in [9.17, 15) is 9.90 Å². The highest BCUT2D eigenvalue weighted by Crippen LogP contribution is 2.35. The molecular weight excluding hydrogens is 380 g/mol. The summed E-state index contributed by atoms with van der Waals surface area (Å²) in [6.45, 7) is 0. The van der Waals surface area contributed by atoms with Gasteiger partial charge in [0.15, 0.2) is 11.5 Å². The molecule has 0 unspecified atom stereocenters. The summed E-state index contributed by atoms with van der Waals surface area (Å²) in [5, 5.41) is 10.6. The van der Waals surface area contributed by atoms with E-state index in [-0.39, 0.29) is 17.2 Å². The van der Waals surface area contributed by atoms with Gasteiger partial charge in [0.1, 0.15) is 23.0 Å². The number of benzene rings is 3. The maximum Gasteiger partial charge on any atom is 0.266 e. The molecule has 30 heavy (non-hydrogen) atoms. The Morgan fingerprint density at radius 1 is 0.500 bits per heavy atom. The van der Waals surface area contributed by atoms with E-state index in [2.05, 4.69) is 0 Å². The first-order valence-electron chi connectivity index (χ1n) is 9.29. The van der Waals surface area contributed by atoms with E-state index in [1.807, 2.05) is 30.3 Å². The van der Waals surface area contributed by atoms with Crippen LogP contribution in [-0.4, -0.2) is 5.11 Å². The number of hydrogen-bond acceptors (Lipinski definition) is 5. The largest absolute Gasteiger partial charge is 0.501 e. The maximum atomic E-state index is 12.9. The summed E-state index contributed by atoms with van der Waals surface area (Å²) in [5.41, 5.74) is -0.715. The van der Waals surface area contributed by atoms with Crippen LogP contribution in [-0.2, 0) is 0 Å². The van der Waals surface area contributed by atoms with Crippen LogP contribution < -0.4 is 19.6 Å². The highest BCUT2D eigenvalue weighted by molar-refractivity contribution is 5.51. The lowest BCUT2D eigenvalue weighted by Crippen LogP contribution is -2.02. The fraction of sp³-hybridized carbons (Fsp3) is 0. The van der Waals surface area contributed by atoms with Gasteiger partial charge in [0, 0.05) is 12.1 Å². The fourth-order valence-corrected chi connectivity index (χ4v) is 2.73. The summed E-state index contributed by atoms with van der Waals surface area (Å²) in [4.78, 5) is 12.9. The van der Waals surface area contributed by atoms with Crippen LogP contribution in [0, 0.1) is 0 Å². The topological polar surface area (TPSA) is 65.0 Å². The molecule has 5 nitrogen and oxygen atoms in total. The fourth-order valence-electron chi connectivity index (χ4n) is 2.73. The van der Waals surface area contributed by atoms with Gasteiger partial charge in [-0.3, -0.25) is 4.79 Å². The van der Waals surface area contributed by atoms with E-state index >= 15 is 0 Å². The van der Waals surface area contributed by atoms with Crippen molar-refractivity contribution in [2.24, 2.45) is 0 Å². The van der Waals surface area contributed by atoms with E-state index in [0.29, 0.717) is 17.2 Å². The molecule has 4 rings (SSSR count). The molecule has 0 saturated heterocycles. The molecule has 0 amide bonds. The third-order valence-corrected chi connectivity index (χ3v) is 4.14. The quantitative estimate of drug-likeness (QED) is 0.423. The third-order valence-electron chi connectivity index (χ3n) is 4.14. The molecule has 0 fully saturated rings. The summed E-state index contributed by atoms with van der Waals surface area (Å²) in [6.07, 6.45) is 0. The van der Waals surface area contributed by atoms with Crippen molar-refractivity contribution in [2.45, 2.75) is 0 Å². The molecule has 5 heteroatoms. The number of aromatic hydroxyl groups is 1. The summed E-state index contributed by atoms with van der Waals surface area (Å²) in [7, 11) is 0. The summed E-state index contributed by atoms with van der Waals surface area (Å²) >= 11 is 0. The highest BCUT2D eigenvalue weighted by atomic mass is 16.5. The SMILES string of the molecule is O=c1c(Oc2ccccc2)cc(Oc2ccccc2)cc(Oc2ccccc2)c1O. The van der Waals surface area contributed by atoms with Crippen LogP contribution in [0.2, 0.25) is 0 Å². The van der Waals surface area contributed by atoms with E-state index in [4.69, 9.17) is 14.2 Å². The molecule has 0 aliphatic rings. The smallest absolute Gasteiger partial charge is 0.266 e. The second-order valence-electron chi connectivity index (χ2n) is 6.34. The van der Waals surface area contributed by atoms with Crippen molar-refractivity contribution < 1.29 is 19.3 Å². The minimum absolute atomic E-state index is 0.0416. The van der Waals surface area contributed by atoms with Crippen LogP contribution >= 0.6 is 0 Å². The molecule has 0 bridgehead atoms. The number of para-hydroxylation sites is 3. The molecule has 0 aliphatic heterocycles. The van der Waals surface area contributed by atoms with Gasteiger partial charge in [0.25, 0.3) is 5.43 Å². The monoisotopic (exact) mass is 398 g/mol. The van der Waals surface area contributed by atoms with Crippen LogP contribution in [0.4, 0.5) is 0 Å². The van der Waals surface area contributed by atoms with E-state index in [1.54, 1.807) is 60.7 Å². The van der Waals surface area contributed by atoms with Gasteiger partial charge in [0.05, 0.1) is 0 Å². The number of ether oxygens (including phenoxy) is 3. The molecule has 0 saturated carbocycles. The molecule has 0 aromatic heterocycles. The zero-order valence-corrected chi connectivity index (χ0v) is 15.9. The molecule has 4 aromatic rings. The number of hydrogen-bond donors (Lipinski definition) is 1. The van der Waals surface area contributed by atoms with Gasteiger partial charge in [-0.05, 0) is 36.4 Å². The van der Waals surface area contributed by atoms with Crippen molar-refractivity contribution in [1.29, 1.82) is 0 Å². The van der Waals surface area contributed by atoms with E-state index in [1.165, 1.54) is 12.1 Å². The van der Waals surface area contributed by atoms with E-state index in [0.717, 1.165) is 0 Å². The van der Waals surface area contributed by atoms with Crippen LogP contribution in [0.3, 0.4) is 0 Å². The molecule has 0 heterocycles. The highest BCUT2D eigenvalue weighted by Gasteiger charge is 2.16. The van der Waals surface area contributed by atoms with Crippen molar-refractivity contribution in [1.82, 2.24) is 0 Å². The van der Waals surface area contributed by atoms with Crippen molar-refractivity contribution in [3.63, 3.8) is 0 Å². The van der Waals surface area contributed by atoms with Crippen LogP contribution in [0.25, 0.3) is 0 Å². The van der Waals surface area contributed by atoms with Crippen LogP contribution in [0.15, 0.2) is 108 Å². The predicted octanol–water partition coefficient (Wildman–Crippen LogP) is 6.13. The van der Waals surface area contributed by atoms with Crippen molar-refractivity contribution in [3.8, 4) is 40.2 Å². The van der Waals surface area contributed by atoms with Gasteiger partial charge in [-0.2, -0.15) is 0 Å². The van der Waals surface area contributed by atoms with Crippen molar-refractivity contribution in [3.05, 3.63) is 113 Å². The molecule has 0 atom stereocenters. The first-order valence-corrected chi connectivity index (χ1v) is 9.29. The van der Waals surface area contributed by atoms with Gasteiger partial charge < -0.3 is 19.3 Å². The zero-order valence-electron chi connectivity index (χ0n) is 15.9. The van der Waals surface area contributed by atoms with Crippen LogP contribution in [0.5, 0.6) is 40.2 Å². The Labute approximate surface area is 173 Å². The summed E-state index contributed by atoms with van der Waals surface area (Å²) in [6, 6.07) is 29.7. The minimum atomic E-state index is -0.715. The Morgan fingerprint density at radius 3 is 1.40 bits per heavy atom. The standard InChI is InChI=1S/C25H18O5/c26-24-22(29-19-12-6-2-7-13-19)16-21(28-18-10-4-1-5-11-18)17-23(25(24)27)30-20-14-8-3-9-15-20/h1-17H,(H,26,27). The Bertz CT molecular complexity index is 1180. The van der Waals surface area contributed by atoms with Gasteiger partial charge in [-0.1, -0.05) is 54.6 Å². The first kappa shape index (κ1) is 19.1. The second kappa shape index (κ2) is 8.84. The Balaban J connectivity index is 1.80. The minimum Gasteiger partial charge on any atom is -0.501 e. The lowest BCUT2D eigenvalue weighted by molar-refractivity contribution is 0.403. The molecule has 0 aliphatic carbocycles. The van der Waals surface area contributed by atoms with E-state index < -0.39 is 11.2 Å². The van der Waals surface area contributed by atoms with Crippen molar-refractivity contribution in [2.75, 3.05) is 0 Å². The lowest BCUT2D eigenvalue weighted by Gasteiger charge is -2.07. The second-order valence-corrected chi connectivity index (χ2v) is 6.34. The predicted molar refractivity (Wildman–Crippen MR) is 114 cm³/mol. The Morgan fingerprint density at radius 2 is 0.900 bits per heavy atom. The molecule has 1 N–H and O–H groups in total. The summed E-state index contributed by atoms with van der Waals surface area (Å²) < 4.78 is 17.4. The number of rotatable bonds is 6. The molecule has 0 spiro atoms. The zero-order chi connectivity index (χ0) is 20.8. The van der Waals surface area contributed by atoms with Gasteiger partial charge in [-0.25, -0.2) is 0 Å². The first-order chi connectivity index (χ1) is 14.7. The normalized spacial score (nSPS) is 10.3. The average molecular weight is 398 g/mol. The molecule has 0 radical (unpaired) electrons. The lowest BCUT2D eigenvalue weighted by atomic mass is 10.3. The van der Waals surface area contributed by atoms with Crippen molar-refractivity contribution >= 4 is 0 Å². The average Bonchev–Trinajstić information content (AvgIpc) is 2.88.